The first kappa shape index (κ1) is 12.1. The maximum absolute atomic E-state index is 10.2. The van der Waals surface area contributed by atoms with Crippen molar-refractivity contribution in [1.29, 1.82) is 0 Å². The van der Waals surface area contributed by atoms with Crippen molar-refractivity contribution in [2.45, 2.75) is 26.0 Å². The van der Waals surface area contributed by atoms with Gasteiger partial charge >= 0.3 is 0 Å². The molecule has 0 saturated carbocycles. The number of thiophene rings is 1. The molecule has 0 aliphatic carbocycles. The number of aromatic nitrogens is 2. The van der Waals surface area contributed by atoms with E-state index < -0.39 is 6.10 Å². The number of hydrogen-bond donors (Lipinski definition) is 1. The summed E-state index contributed by atoms with van der Waals surface area (Å²) in [6, 6.07) is 3.89. The average Bonchev–Trinajstić information content (AvgIpc) is 2.87. The summed E-state index contributed by atoms with van der Waals surface area (Å²) in [4.78, 5) is 0. The molecule has 1 unspecified atom stereocenters. The molecular formula is C11H13IN2OS. The second-order valence-electron chi connectivity index (χ2n) is 3.57. The van der Waals surface area contributed by atoms with E-state index in [0.29, 0.717) is 0 Å². The first-order valence-electron chi connectivity index (χ1n) is 5.16. The van der Waals surface area contributed by atoms with E-state index in [-0.39, 0.29) is 0 Å². The van der Waals surface area contributed by atoms with Crippen molar-refractivity contribution in [3.63, 3.8) is 0 Å². The standard InChI is InChI=1S/C11H13IN2OS/c1-2-5-14-9(3-4-13-14)11(15)8-6-10(12)16-7-8/h3-4,6-7,11,15H,2,5H2,1H3. The Balaban J connectivity index is 2.26. The van der Waals surface area contributed by atoms with Gasteiger partial charge in [0.25, 0.3) is 0 Å². The van der Waals surface area contributed by atoms with Crippen LogP contribution in [-0.4, -0.2) is 14.9 Å². The number of hydrogen-bond acceptors (Lipinski definition) is 3. The fraction of sp³-hybridized carbons (Fsp3) is 0.364. The van der Waals surface area contributed by atoms with E-state index in [0.717, 1.165) is 24.2 Å². The highest BCUT2D eigenvalue weighted by Gasteiger charge is 2.16. The molecule has 2 heterocycles. The number of nitrogens with zero attached hydrogens (tertiary/aromatic N) is 2. The van der Waals surface area contributed by atoms with E-state index in [1.165, 1.54) is 2.88 Å². The van der Waals surface area contributed by atoms with E-state index in [1.54, 1.807) is 17.5 Å². The van der Waals surface area contributed by atoms with Crippen molar-refractivity contribution in [3.05, 3.63) is 37.9 Å². The van der Waals surface area contributed by atoms with Crippen LogP contribution in [0.2, 0.25) is 0 Å². The Bertz CT molecular complexity index is 466. The number of aliphatic hydroxyl groups is 1. The zero-order valence-electron chi connectivity index (χ0n) is 8.93. The highest BCUT2D eigenvalue weighted by Crippen LogP contribution is 2.27. The van der Waals surface area contributed by atoms with Crippen molar-refractivity contribution in [2.24, 2.45) is 0 Å². The van der Waals surface area contributed by atoms with Crippen LogP contribution in [0.1, 0.15) is 30.7 Å². The molecule has 3 nitrogen and oxygen atoms in total. The van der Waals surface area contributed by atoms with Gasteiger partial charge in [-0.3, -0.25) is 4.68 Å². The van der Waals surface area contributed by atoms with Crippen LogP contribution in [0.15, 0.2) is 23.7 Å². The molecule has 86 valence electrons. The smallest absolute Gasteiger partial charge is 0.121 e. The van der Waals surface area contributed by atoms with Crippen molar-refractivity contribution in [1.82, 2.24) is 9.78 Å². The summed E-state index contributed by atoms with van der Waals surface area (Å²) < 4.78 is 3.06. The molecule has 0 amide bonds. The minimum absolute atomic E-state index is 0.561. The number of aryl methyl sites for hydroxylation is 1. The third kappa shape index (κ3) is 2.46. The van der Waals surface area contributed by atoms with Gasteiger partial charge in [-0.25, -0.2) is 0 Å². The summed E-state index contributed by atoms with van der Waals surface area (Å²) in [5, 5.41) is 16.5. The fourth-order valence-corrected chi connectivity index (χ4v) is 3.00. The molecule has 2 aromatic rings. The van der Waals surface area contributed by atoms with Gasteiger partial charge in [0, 0.05) is 12.7 Å². The zero-order chi connectivity index (χ0) is 11.5. The van der Waals surface area contributed by atoms with E-state index in [9.17, 15) is 5.11 Å². The molecule has 0 radical (unpaired) electrons. The summed E-state index contributed by atoms with van der Waals surface area (Å²) in [7, 11) is 0. The van der Waals surface area contributed by atoms with Crippen LogP contribution < -0.4 is 0 Å². The van der Waals surface area contributed by atoms with Crippen LogP contribution in [0.5, 0.6) is 0 Å². The van der Waals surface area contributed by atoms with Gasteiger partial charge < -0.3 is 5.11 Å². The van der Waals surface area contributed by atoms with Gasteiger partial charge in [0.1, 0.15) is 6.10 Å². The highest BCUT2D eigenvalue weighted by molar-refractivity contribution is 14.1. The maximum Gasteiger partial charge on any atom is 0.121 e. The van der Waals surface area contributed by atoms with E-state index >= 15 is 0 Å². The first-order valence-corrected chi connectivity index (χ1v) is 7.12. The number of aliphatic hydroxyl groups excluding tert-OH is 1. The Kier molecular flexibility index (Phi) is 3.99. The number of halogens is 1. The van der Waals surface area contributed by atoms with E-state index in [2.05, 4.69) is 34.6 Å². The minimum atomic E-state index is -0.561. The van der Waals surface area contributed by atoms with Crippen LogP contribution in [0.3, 0.4) is 0 Å². The zero-order valence-corrected chi connectivity index (χ0v) is 11.9. The monoisotopic (exact) mass is 348 g/mol. The van der Waals surface area contributed by atoms with Gasteiger partial charge in [-0.2, -0.15) is 5.10 Å². The Labute approximate surface area is 112 Å². The fourth-order valence-electron chi connectivity index (χ4n) is 1.61. The molecule has 1 N–H and O–H groups in total. The van der Waals surface area contributed by atoms with Gasteiger partial charge in [-0.05, 0) is 52.1 Å². The van der Waals surface area contributed by atoms with Gasteiger partial charge in [-0.1, -0.05) is 6.92 Å². The molecule has 5 heteroatoms. The summed E-state index contributed by atoms with van der Waals surface area (Å²) in [6.45, 7) is 2.95. The molecule has 1 atom stereocenters. The van der Waals surface area contributed by atoms with Gasteiger partial charge in [0.2, 0.25) is 0 Å². The third-order valence-corrected chi connectivity index (χ3v) is 4.18. The lowest BCUT2D eigenvalue weighted by molar-refractivity contribution is 0.208. The maximum atomic E-state index is 10.2. The topological polar surface area (TPSA) is 38.0 Å². The molecule has 2 aromatic heterocycles. The molecule has 0 spiro atoms. The highest BCUT2D eigenvalue weighted by atomic mass is 127. The molecule has 0 aliphatic heterocycles. The quantitative estimate of drug-likeness (QED) is 0.863. The van der Waals surface area contributed by atoms with Crippen molar-refractivity contribution in [2.75, 3.05) is 0 Å². The van der Waals surface area contributed by atoms with Crippen LogP contribution in [0.4, 0.5) is 0 Å². The lowest BCUT2D eigenvalue weighted by atomic mass is 10.1. The summed E-state index contributed by atoms with van der Waals surface area (Å²) in [5.74, 6) is 0. The minimum Gasteiger partial charge on any atom is -0.382 e. The Morgan fingerprint density at radius 2 is 2.44 bits per heavy atom. The molecular weight excluding hydrogens is 335 g/mol. The first-order chi connectivity index (χ1) is 7.72. The molecule has 0 aliphatic rings. The van der Waals surface area contributed by atoms with Crippen LogP contribution >= 0.6 is 33.9 Å². The van der Waals surface area contributed by atoms with Crippen LogP contribution in [0.25, 0.3) is 0 Å². The second kappa shape index (κ2) is 5.29. The predicted octanol–water partition coefficient (Wildman–Crippen LogP) is 3.04. The lowest BCUT2D eigenvalue weighted by Crippen LogP contribution is -2.09. The molecule has 16 heavy (non-hydrogen) atoms. The van der Waals surface area contributed by atoms with Crippen molar-refractivity contribution < 1.29 is 5.11 Å². The van der Waals surface area contributed by atoms with Crippen LogP contribution in [0, 0.1) is 2.88 Å². The normalized spacial score (nSPS) is 12.9. The molecule has 0 aromatic carbocycles. The average molecular weight is 348 g/mol. The van der Waals surface area contributed by atoms with Crippen molar-refractivity contribution >= 4 is 33.9 Å². The van der Waals surface area contributed by atoms with Gasteiger partial charge in [-0.15, -0.1) is 11.3 Å². The number of rotatable bonds is 4. The van der Waals surface area contributed by atoms with Gasteiger partial charge in [0.05, 0.1) is 8.58 Å². The summed E-state index contributed by atoms with van der Waals surface area (Å²) >= 11 is 3.91. The van der Waals surface area contributed by atoms with E-state index in [4.69, 9.17) is 0 Å². The van der Waals surface area contributed by atoms with Crippen molar-refractivity contribution in [3.8, 4) is 0 Å². The largest absolute Gasteiger partial charge is 0.382 e. The summed E-state index contributed by atoms with van der Waals surface area (Å²) in [5.41, 5.74) is 1.82. The molecule has 2 rings (SSSR count). The molecule has 0 saturated heterocycles. The van der Waals surface area contributed by atoms with Gasteiger partial charge in [0.15, 0.2) is 0 Å². The van der Waals surface area contributed by atoms with E-state index in [1.807, 2.05) is 22.2 Å². The third-order valence-electron chi connectivity index (χ3n) is 2.37. The Morgan fingerprint density at radius 1 is 1.62 bits per heavy atom. The second-order valence-corrected chi connectivity index (χ2v) is 6.37. The molecule has 0 bridgehead atoms. The Morgan fingerprint density at radius 3 is 3.06 bits per heavy atom. The molecule has 0 fully saturated rings. The Hall–Kier alpha value is -0.400. The lowest BCUT2D eigenvalue weighted by Gasteiger charge is -2.11. The summed E-state index contributed by atoms with van der Waals surface area (Å²) in [6.07, 6.45) is 2.20. The SMILES string of the molecule is CCCn1nccc1C(O)c1csc(I)c1. The predicted molar refractivity (Wildman–Crippen MR) is 73.6 cm³/mol. The van der Waals surface area contributed by atoms with Crippen LogP contribution in [-0.2, 0) is 6.54 Å².